The highest BCUT2D eigenvalue weighted by molar-refractivity contribution is 5.98. The molecule has 0 aliphatic carbocycles. The third-order valence-corrected chi connectivity index (χ3v) is 3.00. The Bertz CT molecular complexity index is 547. The van der Waals surface area contributed by atoms with Gasteiger partial charge in [-0.05, 0) is 25.0 Å². The van der Waals surface area contributed by atoms with Gasteiger partial charge in [-0.1, -0.05) is 26.0 Å². The normalized spacial score (nSPS) is 11.3. The molecule has 0 fully saturated rings. The Labute approximate surface area is 136 Å². The van der Waals surface area contributed by atoms with E-state index in [-0.39, 0.29) is 42.5 Å². The summed E-state index contributed by atoms with van der Waals surface area (Å²) >= 11 is 0. The van der Waals surface area contributed by atoms with Gasteiger partial charge in [-0.3, -0.25) is 14.4 Å². The minimum Gasteiger partial charge on any atom is -0.346 e. The van der Waals surface area contributed by atoms with Crippen LogP contribution in [0.25, 0.3) is 0 Å². The number of Topliss-reactive ketones (excluding diaryl/α,β-unsaturated/α-hetero) is 1. The number of ketones is 1. The summed E-state index contributed by atoms with van der Waals surface area (Å²) in [4.78, 5) is 34.6. The van der Waals surface area contributed by atoms with Gasteiger partial charge in [-0.25, -0.2) is 0 Å². The van der Waals surface area contributed by atoms with Gasteiger partial charge < -0.3 is 16.4 Å². The number of rotatable bonds is 6. The second-order valence-electron chi connectivity index (χ2n) is 5.17. The number of carbonyl (C=O) groups excluding carboxylic acids is 3. The molecule has 1 aromatic rings. The highest BCUT2D eigenvalue weighted by atomic mass is 35.5. The van der Waals surface area contributed by atoms with Crippen LogP contribution >= 0.6 is 12.4 Å². The molecule has 0 unspecified atom stereocenters. The quantitative estimate of drug-likeness (QED) is 0.686. The molecule has 0 aliphatic rings. The molecule has 6 nitrogen and oxygen atoms in total. The lowest BCUT2D eigenvalue weighted by Crippen LogP contribution is -2.46. The summed E-state index contributed by atoms with van der Waals surface area (Å²) in [5, 5.41) is 5.09. The smallest absolute Gasteiger partial charge is 0.243 e. The van der Waals surface area contributed by atoms with E-state index in [9.17, 15) is 14.4 Å². The fourth-order valence-electron chi connectivity index (χ4n) is 1.61. The second kappa shape index (κ2) is 9.17. The molecule has 1 rings (SSSR count). The van der Waals surface area contributed by atoms with Crippen molar-refractivity contribution in [3.05, 3.63) is 29.8 Å². The van der Waals surface area contributed by atoms with E-state index < -0.39 is 6.04 Å². The molecule has 0 saturated carbocycles. The van der Waals surface area contributed by atoms with E-state index >= 15 is 0 Å². The Morgan fingerprint density at radius 2 is 1.86 bits per heavy atom. The van der Waals surface area contributed by atoms with Gasteiger partial charge in [0.1, 0.15) is 0 Å². The Kier molecular flexibility index (Phi) is 8.37. The van der Waals surface area contributed by atoms with Crippen molar-refractivity contribution < 1.29 is 14.4 Å². The summed E-state index contributed by atoms with van der Waals surface area (Å²) in [6.45, 7) is 4.95. The van der Waals surface area contributed by atoms with Crippen molar-refractivity contribution in [2.75, 3.05) is 11.9 Å². The first kappa shape index (κ1) is 20.1. The van der Waals surface area contributed by atoms with Gasteiger partial charge in [-0.2, -0.15) is 0 Å². The van der Waals surface area contributed by atoms with Gasteiger partial charge in [0.05, 0.1) is 12.6 Å². The van der Waals surface area contributed by atoms with Crippen molar-refractivity contribution >= 4 is 35.7 Å². The van der Waals surface area contributed by atoms with E-state index in [1.807, 2.05) is 13.8 Å². The summed E-state index contributed by atoms with van der Waals surface area (Å²) < 4.78 is 0. The Hall–Kier alpha value is -1.92. The number of carbonyl (C=O) groups is 3. The molecule has 0 aliphatic heterocycles. The van der Waals surface area contributed by atoms with Gasteiger partial charge in [0, 0.05) is 11.3 Å². The summed E-state index contributed by atoms with van der Waals surface area (Å²) in [7, 11) is 0. The molecule has 0 heterocycles. The predicted octanol–water partition coefficient (Wildman–Crippen LogP) is 1.35. The van der Waals surface area contributed by atoms with Crippen LogP contribution in [-0.2, 0) is 9.59 Å². The van der Waals surface area contributed by atoms with Crippen molar-refractivity contribution in [1.29, 1.82) is 0 Å². The zero-order valence-corrected chi connectivity index (χ0v) is 13.7. The third kappa shape index (κ3) is 6.24. The molecule has 1 aromatic carbocycles. The second-order valence-corrected chi connectivity index (χ2v) is 5.17. The van der Waals surface area contributed by atoms with Crippen LogP contribution in [0, 0.1) is 5.92 Å². The molecule has 0 saturated heterocycles. The molecule has 4 N–H and O–H groups in total. The van der Waals surface area contributed by atoms with E-state index in [1.54, 1.807) is 24.3 Å². The molecular formula is C15H22ClN3O3. The number of nitrogens with two attached hydrogens (primary N) is 1. The van der Waals surface area contributed by atoms with Crippen molar-refractivity contribution in [2.24, 2.45) is 11.7 Å². The van der Waals surface area contributed by atoms with Crippen LogP contribution in [0.15, 0.2) is 24.3 Å². The van der Waals surface area contributed by atoms with E-state index in [1.165, 1.54) is 6.92 Å². The van der Waals surface area contributed by atoms with Crippen LogP contribution in [0.1, 0.15) is 31.1 Å². The lowest BCUT2D eigenvalue weighted by molar-refractivity contribution is -0.125. The van der Waals surface area contributed by atoms with Crippen LogP contribution in [0.4, 0.5) is 5.69 Å². The molecule has 0 bridgehead atoms. The van der Waals surface area contributed by atoms with Crippen LogP contribution < -0.4 is 16.4 Å². The largest absolute Gasteiger partial charge is 0.346 e. The van der Waals surface area contributed by atoms with Gasteiger partial charge in [-0.15, -0.1) is 12.4 Å². The minimum atomic E-state index is -0.640. The monoisotopic (exact) mass is 327 g/mol. The number of amides is 2. The minimum absolute atomic E-state index is 0. The molecule has 122 valence electrons. The summed E-state index contributed by atoms with van der Waals surface area (Å²) in [5.41, 5.74) is 6.69. The third-order valence-electron chi connectivity index (χ3n) is 3.00. The van der Waals surface area contributed by atoms with Crippen LogP contribution in [0.5, 0.6) is 0 Å². The van der Waals surface area contributed by atoms with E-state index in [0.717, 1.165) is 0 Å². The average molecular weight is 328 g/mol. The highest BCUT2D eigenvalue weighted by Crippen LogP contribution is 2.10. The molecule has 0 aromatic heterocycles. The number of nitrogens with one attached hydrogen (secondary N) is 2. The van der Waals surface area contributed by atoms with Crippen molar-refractivity contribution in [3.8, 4) is 0 Å². The SMILES string of the molecule is CC(=O)c1cccc(NC(=O)CNC(=O)[C@@H](N)C(C)C)c1.Cl. The van der Waals surface area contributed by atoms with Crippen molar-refractivity contribution in [2.45, 2.75) is 26.8 Å². The first-order valence-corrected chi connectivity index (χ1v) is 6.75. The zero-order valence-electron chi connectivity index (χ0n) is 12.9. The number of anilines is 1. The molecule has 1 atom stereocenters. The Morgan fingerprint density at radius 3 is 2.41 bits per heavy atom. The molecule has 7 heteroatoms. The van der Waals surface area contributed by atoms with Gasteiger partial charge in [0.2, 0.25) is 11.8 Å². The first-order valence-electron chi connectivity index (χ1n) is 6.75. The van der Waals surface area contributed by atoms with Gasteiger partial charge >= 0.3 is 0 Å². The molecule has 0 radical (unpaired) electrons. The number of hydrogen-bond acceptors (Lipinski definition) is 4. The van der Waals surface area contributed by atoms with Crippen molar-refractivity contribution in [1.82, 2.24) is 5.32 Å². The number of benzene rings is 1. The standard InChI is InChI=1S/C15H21N3O3.ClH/c1-9(2)14(16)15(21)17-8-13(20)18-12-6-4-5-11(7-12)10(3)19;/h4-7,9,14H,8,16H2,1-3H3,(H,17,21)(H,18,20);1H/t14-;/m0./s1. The number of hydrogen-bond donors (Lipinski definition) is 3. The maximum Gasteiger partial charge on any atom is 0.243 e. The molecule has 0 spiro atoms. The van der Waals surface area contributed by atoms with Crippen LogP contribution in [0.3, 0.4) is 0 Å². The van der Waals surface area contributed by atoms with E-state index in [0.29, 0.717) is 11.3 Å². The summed E-state index contributed by atoms with van der Waals surface area (Å²) in [6, 6.07) is 5.97. The van der Waals surface area contributed by atoms with Crippen molar-refractivity contribution in [3.63, 3.8) is 0 Å². The highest BCUT2D eigenvalue weighted by Gasteiger charge is 2.17. The topological polar surface area (TPSA) is 101 Å². The molecule has 2 amide bonds. The van der Waals surface area contributed by atoms with Crippen LogP contribution in [0.2, 0.25) is 0 Å². The molecular weight excluding hydrogens is 306 g/mol. The van der Waals surface area contributed by atoms with Gasteiger partial charge in [0.15, 0.2) is 5.78 Å². The van der Waals surface area contributed by atoms with Gasteiger partial charge in [0.25, 0.3) is 0 Å². The first-order chi connectivity index (χ1) is 9.81. The Balaban J connectivity index is 0.00000441. The maximum absolute atomic E-state index is 11.7. The summed E-state index contributed by atoms with van der Waals surface area (Å²) in [5.74, 6) is -0.819. The van der Waals surface area contributed by atoms with E-state index in [2.05, 4.69) is 10.6 Å². The Morgan fingerprint density at radius 1 is 1.23 bits per heavy atom. The lowest BCUT2D eigenvalue weighted by Gasteiger charge is -2.15. The lowest BCUT2D eigenvalue weighted by atomic mass is 10.1. The number of halogens is 1. The predicted molar refractivity (Wildman–Crippen MR) is 88.1 cm³/mol. The fraction of sp³-hybridized carbons (Fsp3) is 0.400. The fourth-order valence-corrected chi connectivity index (χ4v) is 1.61. The molecule has 22 heavy (non-hydrogen) atoms. The zero-order chi connectivity index (χ0) is 16.0. The maximum atomic E-state index is 11.7. The average Bonchev–Trinajstić information content (AvgIpc) is 2.44. The van der Waals surface area contributed by atoms with E-state index in [4.69, 9.17) is 5.73 Å². The summed E-state index contributed by atoms with van der Waals surface area (Å²) in [6.07, 6.45) is 0. The van der Waals surface area contributed by atoms with Crippen LogP contribution in [-0.4, -0.2) is 30.2 Å².